The van der Waals surface area contributed by atoms with E-state index in [0.717, 1.165) is 28.2 Å². The van der Waals surface area contributed by atoms with Gasteiger partial charge >= 0.3 is 0 Å². The van der Waals surface area contributed by atoms with Crippen molar-refractivity contribution in [1.82, 2.24) is 4.72 Å². The summed E-state index contributed by atoms with van der Waals surface area (Å²) in [4.78, 5) is 25.3. The van der Waals surface area contributed by atoms with Crippen LogP contribution in [-0.4, -0.2) is 25.8 Å². The van der Waals surface area contributed by atoms with E-state index in [-0.39, 0.29) is 34.3 Å². The molecule has 1 aromatic heterocycles. The topological polar surface area (TPSA) is 110 Å². The van der Waals surface area contributed by atoms with Crippen molar-refractivity contribution in [3.8, 4) is 0 Å². The predicted octanol–water partition coefficient (Wildman–Crippen LogP) is 4.43. The SMILES string of the molecule is Cc1ccc(N2C(=O)[C@H](CCCNS(=O)(=O)c3cccs3)[C@H]2c2ccc([N+](=O)[O-])cc2)cc1. The molecular weight excluding hydrogens is 462 g/mol. The van der Waals surface area contributed by atoms with Crippen LogP contribution in [0.3, 0.4) is 0 Å². The first-order chi connectivity index (χ1) is 15.8. The van der Waals surface area contributed by atoms with Crippen molar-refractivity contribution in [2.45, 2.75) is 30.0 Å². The first-order valence-electron chi connectivity index (χ1n) is 10.5. The fourth-order valence-corrected chi connectivity index (χ4v) is 6.13. The standard InChI is InChI=1S/C23H23N3O5S2/c1-16-6-10-18(11-7-16)25-22(17-8-12-19(13-9-17)26(28)29)20(23(25)27)4-2-14-24-33(30,31)21-5-3-15-32-21/h3,5-13,15,20,22,24H,2,4,14H2,1H3/t20-,22-/m1/s1. The number of thiophene rings is 1. The fourth-order valence-electron chi connectivity index (χ4n) is 4.01. The number of anilines is 1. The maximum absolute atomic E-state index is 13.1. The van der Waals surface area contributed by atoms with E-state index in [4.69, 9.17) is 0 Å². The highest BCUT2D eigenvalue weighted by Crippen LogP contribution is 2.45. The average Bonchev–Trinajstić information content (AvgIpc) is 3.34. The van der Waals surface area contributed by atoms with Gasteiger partial charge in [-0.2, -0.15) is 0 Å². The van der Waals surface area contributed by atoms with E-state index in [1.165, 1.54) is 12.1 Å². The van der Waals surface area contributed by atoms with Crippen molar-refractivity contribution in [3.05, 3.63) is 87.3 Å². The van der Waals surface area contributed by atoms with Crippen LogP contribution in [-0.2, 0) is 14.8 Å². The summed E-state index contributed by atoms with van der Waals surface area (Å²) in [6.07, 6.45) is 0.988. The number of carbonyl (C=O) groups excluding carboxylic acids is 1. The van der Waals surface area contributed by atoms with Crippen LogP contribution < -0.4 is 9.62 Å². The zero-order valence-electron chi connectivity index (χ0n) is 17.9. The molecule has 1 N–H and O–H groups in total. The molecule has 0 spiro atoms. The average molecular weight is 486 g/mol. The fraction of sp³-hybridized carbons (Fsp3) is 0.261. The quantitative estimate of drug-likeness (QED) is 0.209. The number of nitrogens with one attached hydrogen (secondary N) is 1. The number of carbonyl (C=O) groups is 1. The Bertz CT molecular complexity index is 1240. The van der Waals surface area contributed by atoms with Crippen molar-refractivity contribution in [3.63, 3.8) is 0 Å². The van der Waals surface area contributed by atoms with E-state index in [1.54, 1.807) is 34.5 Å². The minimum Gasteiger partial charge on any atom is -0.304 e. The van der Waals surface area contributed by atoms with Crippen LogP contribution in [0.5, 0.6) is 0 Å². The maximum atomic E-state index is 13.1. The molecule has 33 heavy (non-hydrogen) atoms. The van der Waals surface area contributed by atoms with Gasteiger partial charge in [-0.15, -0.1) is 11.3 Å². The van der Waals surface area contributed by atoms with E-state index >= 15 is 0 Å². The van der Waals surface area contributed by atoms with E-state index in [1.807, 2.05) is 31.2 Å². The number of amides is 1. The molecule has 10 heteroatoms. The first-order valence-corrected chi connectivity index (χ1v) is 12.8. The molecule has 8 nitrogen and oxygen atoms in total. The van der Waals surface area contributed by atoms with E-state index in [2.05, 4.69) is 4.72 Å². The second-order valence-electron chi connectivity index (χ2n) is 7.92. The Kier molecular flexibility index (Phi) is 6.59. The second-order valence-corrected chi connectivity index (χ2v) is 10.9. The predicted molar refractivity (Wildman–Crippen MR) is 127 cm³/mol. The monoisotopic (exact) mass is 485 g/mol. The van der Waals surface area contributed by atoms with Crippen LogP contribution in [0.25, 0.3) is 0 Å². The molecular formula is C23H23N3O5S2. The van der Waals surface area contributed by atoms with Gasteiger partial charge in [-0.25, -0.2) is 13.1 Å². The number of sulfonamides is 1. The summed E-state index contributed by atoms with van der Waals surface area (Å²) in [5.41, 5.74) is 2.65. The number of nitrogens with zero attached hydrogens (tertiary/aromatic N) is 2. The minimum atomic E-state index is -3.54. The van der Waals surface area contributed by atoms with Crippen LogP contribution in [0, 0.1) is 23.0 Å². The largest absolute Gasteiger partial charge is 0.304 e. The molecule has 1 fully saturated rings. The summed E-state index contributed by atoms with van der Waals surface area (Å²) >= 11 is 1.15. The molecule has 2 heterocycles. The van der Waals surface area contributed by atoms with Crippen LogP contribution >= 0.6 is 11.3 Å². The number of aryl methyl sites for hydroxylation is 1. The highest BCUT2D eigenvalue weighted by atomic mass is 32.2. The molecule has 0 saturated carbocycles. The van der Waals surface area contributed by atoms with Gasteiger partial charge in [0, 0.05) is 24.4 Å². The third-order valence-corrected chi connectivity index (χ3v) is 8.57. The van der Waals surface area contributed by atoms with Gasteiger partial charge in [0.15, 0.2) is 0 Å². The number of hydrogen-bond donors (Lipinski definition) is 1. The number of nitro benzene ring substituents is 1. The van der Waals surface area contributed by atoms with Gasteiger partial charge in [-0.3, -0.25) is 14.9 Å². The number of non-ortho nitro benzene ring substituents is 1. The van der Waals surface area contributed by atoms with Crippen molar-refractivity contribution >= 4 is 38.6 Å². The molecule has 0 aliphatic carbocycles. The molecule has 1 aliphatic heterocycles. The van der Waals surface area contributed by atoms with Crippen LogP contribution in [0.2, 0.25) is 0 Å². The molecule has 2 atom stereocenters. The lowest BCUT2D eigenvalue weighted by molar-refractivity contribution is -0.384. The summed E-state index contributed by atoms with van der Waals surface area (Å²) in [7, 11) is -3.54. The Morgan fingerprint density at radius 1 is 1.09 bits per heavy atom. The molecule has 172 valence electrons. The van der Waals surface area contributed by atoms with Crippen LogP contribution in [0.15, 0.2) is 70.3 Å². The zero-order valence-corrected chi connectivity index (χ0v) is 19.5. The number of benzene rings is 2. The minimum absolute atomic E-state index is 0.00850. The van der Waals surface area contributed by atoms with E-state index < -0.39 is 14.9 Å². The smallest absolute Gasteiger partial charge is 0.269 e. The summed E-state index contributed by atoms with van der Waals surface area (Å²) in [5.74, 6) is -0.373. The first kappa shape index (κ1) is 23.1. The highest BCUT2D eigenvalue weighted by Gasteiger charge is 2.48. The van der Waals surface area contributed by atoms with E-state index in [9.17, 15) is 23.3 Å². The molecule has 1 aliphatic rings. The zero-order chi connectivity index (χ0) is 23.6. The molecule has 2 aromatic carbocycles. The summed E-state index contributed by atoms with van der Waals surface area (Å²) in [5, 5.41) is 12.7. The highest BCUT2D eigenvalue weighted by molar-refractivity contribution is 7.91. The molecule has 3 aromatic rings. The number of β-lactam (4-membered cyclic amide) rings is 1. The van der Waals surface area contributed by atoms with Crippen molar-refractivity contribution < 1.29 is 18.1 Å². The van der Waals surface area contributed by atoms with Gasteiger partial charge < -0.3 is 4.90 Å². The Morgan fingerprint density at radius 3 is 2.39 bits per heavy atom. The Morgan fingerprint density at radius 2 is 1.79 bits per heavy atom. The van der Waals surface area contributed by atoms with Crippen molar-refractivity contribution in [2.75, 3.05) is 11.4 Å². The number of rotatable bonds is 9. The van der Waals surface area contributed by atoms with Crippen molar-refractivity contribution in [2.24, 2.45) is 5.92 Å². The third kappa shape index (κ3) is 4.82. The molecule has 4 rings (SSSR count). The Labute approximate surface area is 196 Å². The lowest BCUT2D eigenvalue weighted by Crippen LogP contribution is -2.55. The third-order valence-electron chi connectivity index (χ3n) is 5.72. The molecule has 0 radical (unpaired) electrons. The normalized spacial score (nSPS) is 18.2. The maximum Gasteiger partial charge on any atom is 0.269 e. The summed E-state index contributed by atoms with van der Waals surface area (Å²) < 4.78 is 27.4. The molecule has 0 unspecified atom stereocenters. The molecule has 1 amide bonds. The van der Waals surface area contributed by atoms with Gasteiger partial charge in [0.1, 0.15) is 4.21 Å². The van der Waals surface area contributed by atoms with Gasteiger partial charge in [-0.05, 0) is 48.9 Å². The number of hydrogen-bond acceptors (Lipinski definition) is 6. The van der Waals surface area contributed by atoms with Gasteiger partial charge in [0.25, 0.3) is 5.69 Å². The Hall–Kier alpha value is -3.08. The summed E-state index contributed by atoms with van der Waals surface area (Å²) in [6, 6.07) is 16.8. The van der Waals surface area contributed by atoms with Gasteiger partial charge in [-0.1, -0.05) is 35.9 Å². The number of nitro groups is 1. The molecule has 0 bridgehead atoms. The lowest BCUT2D eigenvalue weighted by atomic mass is 9.79. The summed E-state index contributed by atoms with van der Waals surface area (Å²) in [6.45, 7) is 2.19. The van der Waals surface area contributed by atoms with Crippen molar-refractivity contribution in [1.29, 1.82) is 0 Å². The van der Waals surface area contributed by atoms with Gasteiger partial charge in [0.2, 0.25) is 15.9 Å². The van der Waals surface area contributed by atoms with E-state index in [0.29, 0.717) is 12.8 Å². The van der Waals surface area contributed by atoms with Gasteiger partial charge in [0.05, 0.1) is 16.9 Å². The Balaban J connectivity index is 1.49. The van der Waals surface area contributed by atoms with Crippen LogP contribution in [0.4, 0.5) is 11.4 Å². The van der Waals surface area contributed by atoms with Crippen LogP contribution in [0.1, 0.15) is 30.0 Å². The second kappa shape index (κ2) is 9.42. The lowest BCUT2D eigenvalue weighted by Gasteiger charge is -2.47. The molecule has 1 saturated heterocycles.